The van der Waals surface area contributed by atoms with E-state index in [4.69, 9.17) is 10.5 Å². The second-order valence-corrected chi connectivity index (χ2v) is 6.84. The third-order valence-corrected chi connectivity index (χ3v) is 4.84. The van der Waals surface area contributed by atoms with Crippen LogP contribution in [-0.2, 0) is 4.74 Å². The summed E-state index contributed by atoms with van der Waals surface area (Å²) in [5.74, 6) is -0.603. The molecule has 8 nitrogen and oxygen atoms in total. The Bertz CT molecular complexity index is 1080. The maximum absolute atomic E-state index is 13.2. The van der Waals surface area contributed by atoms with Gasteiger partial charge in [0.2, 0.25) is 5.91 Å². The normalized spacial score (nSPS) is 13.6. The molecule has 0 bridgehead atoms. The van der Waals surface area contributed by atoms with E-state index in [0.717, 1.165) is 16.8 Å². The van der Waals surface area contributed by atoms with Gasteiger partial charge in [-0.2, -0.15) is 0 Å². The Morgan fingerprint density at radius 2 is 1.80 bits per heavy atom. The van der Waals surface area contributed by atoms with Crippen LogP contribution in [0.1, 0.15) is 26.4 Å². The van der Waals surface area contributed by atoms with Gasteiger partial charge in [0, 0.05) is 41.6 Å². The minimum atomic E-state index is -0.492. The van der Waals surface area contributed by atoms with Crippen molar-refractivity contribution in [2.75, 3.05) is 31.6 Å². The lowest BCUT2D eigenvalue weighted by atomic mass is 10.1. The molecule has 156 valence electrons. The number of hydrogen-bond acceptors (Lipinski definition) is 6. The Kier molecular flexibility index (Phi) is 6.49. The first-order chi connectivity index (χ1) is 14.0. The number of nitrogens with one attached hydrogen (secondary N) is 1. The monoisotopic (exact) mass is 427 g/mol. The van der Waals surface area contributed by atoms with Gasteiger partial charge in [-0.3, -0.25) is 9.59 Å². The van der Waals surface area contributed by atoms with Crippen LogP contribution in [0, 0.1) is 6.92 Å². The van der Waals surface area contributed by atoms with E-state index >= 15 is 0 Å². The molecule has 0 aliphatic carbocycles. The molecule has 1 aliphatic heterocycles. The number of nitrogens with two attached hydrogens (primary N) is 1. The van der Waals surface area contributed by atoms with Crippen molar-refractivity contribution in [2.24, 2.45) is 5.73 Å². The second-order valence-electron chi connectivity index (χ2n) is 6.84. The van der Waals surface area contributed by atoms with E-state index in [1.807, 2.05) is 19.1 Å². The molecular weight excluding hydrogens is 406 g/mol. The van der Waals surface area contributed by atoms with E-state index in [0.29, 0.717) is 48.8 Å². The van der Waals surface area contributed by atoms with Crippen LogP contribution in [0.2, 0.25) is 0 Å². The van der Waals surface area contributed by atoms with Crippen molar-refractivity contribution in [1.29, 1.82) is 0 Å². The number of halogens is 1. The summed E-state index contributed by atoms with van der Waals surface area (Å²) in [6.45, 7) is 4.00. The summed E-state index contributed by atoms with van der Waals surface area (Å²) in [7, 11) is 0. The maximum Gasteiger partial charge on any atom is 0.257 e. The number of amides is 2. The van der Waals surface area contributed by atoms with Crippen molar-refractivity contribution in [2.45, 2.75) is 6.92 Å². The van der Waals surface area contributed by atoms with Crippen LogP contribution in [0.25, 0.3) is 11.0 Å². The largest absolute Gasteiger partial charge is 0.378 e. The summed E-state index contributed by atoms with van der Waals surface area (Å²) in [5.41, 5.74) is 8.94. The number of primary amides is 1. The van der Waals surface area contributed by atoms with Gasteiger partial charge < -0.3 is 20.7 Å². The number of morpholine rings is 1. The highest BCUT2D eigenvalue weighted by Gasteiger charge is 2.23. The number of nitrogens with zero attached hydrogens (tertiary/aromatic N) is 3. The van der Waals surface area contributed by atoms with E-state index in [1.165, 1.54) is 0 Å². The lowest BCUT2D eigenvalue weighted by Gasteiger charge is -2.27. The molecule has 1 fully saturated rings. The number of rotatable bonds is 4. The zero-order chi connectivity index (χ0) is 20.4. The van der Waals surface area contributed by atoms with Gasteiger partial charge in [-0.05, 0) is 43.3 Å². The molecule has 3 heterocycles. The number of aryl methyl sites for hydroxylation is 1. The minimum absolute atomic E-state index is 0. The fraction of sp³-hybridized carbons (Fsp3) is 0.238. The van der Waals surface area contributed by atoms with Crippen LogP contribution in [-0.4, -0.2) is 53.0 Å². The fourth-order valence-electron chi connectivity index (χ4n) is 3.27. The third kappa shape index (κ3) is 4.34. The zero-order valence-corrected chi connectivity index (χ0v) is 17.2. The third-order valence-electron chi connectivity index (χ3n) is 4.84. The van der Waals surface area contributed by atoms with Crippen molar-refractivity contribution in [3.63, 3.8) is 0 Å². The molecule has 3 aromatic rings. The molecular formula is C21H22ClN5O3. The van der Waals surface area contributed by atoms with Crippen molar-refractivity contribution < 1.29 is 14.3 Å². The van der Waals surface area contributed by atoms with E-state index in [9.17, 15) is 9.59 Å². The predicted molar refractivity (Wildman–Crippen MR) is 116 cm³/mol. The number of anilines is 2. The number of ether oxygens (including phenoxy) is 1. The number of benzene rings is 1. The van der Waals surface area contributed by atoms with E-state index in [-0.39, 0.29) is 18.3 Å². The smallest absolute Gasteiger partial charge is 0.257 e. The van der Waals surface area contributed by atoms with Gasteiger partial charge in [-0.25, -0.2) is 9.97 Å². The molecule has 1 aliphatic rings. The first-order valence-electron chi connectivity index (χ1n) is 9.33. The molecule has 2 amide bonds. The van der Waals surface area contributed by atoms with Crippen molar-refractivity contribution >= 4 is 46.6 Å². The maximum atomic E-state index is 13.2. The molecule has 1 aromatic carbocycles. The molecule has 9 heteroatoms. The van der Waals surface area contributed by atoms with E-state index in [1.54, 1.807) is 35.4 Å². The van der Waals surface area contributed by atoms with Crippen LogP contribution < -0.4 is 11.1 Å². The molecule has 0 saturated carbocycles. The Morgan fingerprint density at radius 3 is 2.47 bits per heavy atom. The van der Waals surface area contributed by atoms with Gasteiger partial charge in [0.25, 0.3) is 5.91 Å². The summed E-state index contributed by atoms with van der Waals surface area (Å²) in [5, 5.41) is 4.05. The van der Waals surface area contributed by atoms with E-state index in [2.05, 4.69) is 15.3 Å². The van der Waals surface area contributed by atoms with Crippen molar-refractivity contribution in [3.05, 3.63) is 59.4 Å². The minimum Gasteiger partial charge on any atom is -0.378 e. The topological polar surface area (TPSA) is 110 Å². The number of carbonyl (C=O) groups excluding carboxylic acids is 2. The van der Waals surface area contributed by atoms with Crippen LogP contribution in [0.15, 0.2) is 42.6 Å². The number of carbonyl (C=O) groups is 2. The fourth-order valence-corrected chi connectivity index (χ4v) is 3.27. The van der Waals surface area contributed by atoms with Crippen LogP contribution >= 0.6 is 12.4 Å². The Labute approximate surface area is 179 Å². The molecule has 0 spiro atoms. The van der Waals surface area contributed by atoms with Crippen molar-refractivity contribution in [3.8, 4) is 0 Å². The number of hydrogen-bond donors (Lipinski definition) is 2. The Balaban J connectivity index is 0.00000256. The first-order valence-corrected chi connectivity index (χ1v) is 9.33. The highest BCUT2D eigenvalue weighted by atomic mass is 35.5. The Hall–Kier alpha value is -3.23. The molecule has 1 saturated heterocycles. The summed E-state index contributed by atoms with van der Waals surface area (Å²) < 4.78 is 5.35. The summed E-state index contributed by atoms with van der Waals surface area (Å²) in [4.78, 5) is 35.1. The van der Waals surface area contributed by atoms with E-state index < -0.39 is 5.91 Å². The Morgan fingerprint density at radius 1 is 1.10 bits per heavy atom. The molecule has 30 heavy (non-hydrogen) atoms. The van der Waals surface area contributed by atoms with Crippen LogP contribution in [0.3, 0.4) is 0 Å². The SMILES string of the molecule is Cc1ccc2c(Nc3ccc(C(N)=O)cc3)c(C(=O)N3CCOCC3)cnc2n1.Cl. The zero-order valence-electron chi connectivity index (χ0n) is 16.4. The molecule has 0 atom stereocenters. The molecule has 0 unspecified atom stereocenters. The molecule has 2 aromatic heterocycles. The molecule has 3 N–H and O–H groups in total. The quantitative estimate of drug-likeness (QED) is 0.662. The number of pyridine rings is 2. The summed E-state index contributed by atoms with van der Waals surface area (Å²) in [6, 6.07) is 10.6. The van der Waals surface area contributed by atoms with Gasteiger partial charge in [-0.1, -0.05) is 0 Å². The average Bonchev–Trinajstić information content (AvgIpc) is 2.74. The summed E-state index contributed by atoms with van der Waals surface area (Å²) in [6.07, 6.45) is 1.56. The highest BCUT2D eigenvalue weighted by molar-refractivity contribution is 6.07. The van der Waals surface area contributed by atoms with Gasteiger partial charge in [0.15, 0.2) is 5.65 Å². The molecule has 0 radical (unpaired) electrons. The standard InChI is InChI=1S/C21H21N5O3.ClH/c1-13-2-7-16-18(25-15-5-3-14(4-6-15)19(22)27)17(12-23-20(16)24-13)21(28)26-8-10-29-11-9-26;/h2-7,12H,8-11H2,1H3,(H2,22,27)(H,23,24,25);1H. The van der Waals surface area contributed by atoms with Gasteiger partial charge in [-0.15, -0.1) is 12.4 Å². The average molecular weight is 428 g/mol. The first kappa shape index (κ1) is 21.5. The lowest BCUT2D eigenvalue weighted by Crippen LogP contribution is -2.41. The van der Waals surface area contributed by atoms with Crippen molar-refractivity contribution in [1.82, 2.24) is 14.9 Å². The van der Waals surface area contributed by atoms with Crippen LogP contribution in [0.4, 0.5) is 11.4 Å². The second kappa shape index (κ2) is 9.06. The number of aromatic nitrogens is 2. The van der Waals surface area contributed by atoms with Gasteiger partial charge >= 0.3 is 0 Å². The number of fused-ring (bicyclic) bond motifs is 1. The lowest BCUT2D eigenvalue weighted by molar-refractivity contribution is 0.0303. The van der Waals surface area contributed by atoms with Gasteiger partial charge in [0.1, 0.15) is 0 Å². The molecule has 4 rings (SSSR count). The summed E-state index contributed by atoms with van der Waals surface area (Å²) >= 11 is 0. The van der Waals surface area contributed by atoms with Crippen LogP contribution in [0.5, 0.6) is 0 Å². The highest BCUT2D eigenvalue weighted by Crippen LogP contribution is 2.30. The predicted octanol–water partition coefficient (Wildman–Crippen LogP) is 2.67. The van der Waals surface area contributed by atoms with Gasteiger partial charge in [0.05, 0.1) is 24.5 Å².